The van der Waals surface area contributed by atoms with Crippen LogP contribution in [0.4, 0.5) is 0 Å². The van der Waals surface area contributed by atoms with E-state index in [4.69, 9.17) is 11.6 Å². The highest BCUT2D eigenvalue weighted by atomic mass is 79.9. The van der Waals surface area contributed by atoms with E-state index in [0.29, 0.717) is 0 Å². The van der Waals surface area contributed by atoms with E-state index in [1.54, 1.807) is 23.2 Å². The Morgan fingerprint density at radius 2 is 1.83 bits per heavy atom. The van der Waals surface area contributed by atoms with Gasteiger partial charge in [0.05, 0.1) is 16.4 Å². The summed E-state index contributed by atoms with van der Waals surface area (Å²) in [6.45, 7) is 2.11. The summed E-state index contributed by atoms with van der Waals surface area (Å²) in [6.07, 6.45) is 1.96. The molecule has 0 spiro atoms. The molecule has 1 aromatic carbocycles. The topological polar surface area (TPSA) is 26.9 Å². The van der Waals surface area contributed by atoms with Gasteiger partial charge in [0.15, 0.2) is 0 Å². The van der Waals surface area contributed by atoms with E-state index < -0.39 is 0 Å². The van der Waals surface area contributed by atoms with Crippen molar-refractivity contribution in [2.45, 2.75) is 25.1 Å². The number of hydrogen-bond acceptors (Lipinski definition) is 1. The fourth-order valence-corrected chi connectivity index (χ4v) is 3.32. The maximum atomic E-state index is 11.9. The summed E-state index contributed by atoms with van der Waals surface area (Å²) >= 11 is 9.93. The van der Waals surface area contributed by atoms with Crippen molar-refractivity contribution in [3.05, 3.63) is 32.7 Å². The lowest BCUT2D eigenvalue weighted by Gasteiger charge is -2.11. The molecule has 0 saturated carbocycles. The summed E-state index contributed by atoms with van der Waals surface area (Å²) in [4.78, 5) is 11.9. The van der Waals surface area contributed by atoms with E-state index in [1.807, 2.05) is 12.1 Å². The fraction of sp³-hybridized carbons (Fsp3) is 0.462. The van der Waals surface area contributed by atoms with Crippen LogP contribution in [0.1, 0.15) is 30.7 Å². The molecule has 3 nitrogen and oxygen atoms in total. The quantitative estimate of drug-likeness (QED) is 0.788. The molecular formula is C13H16BrClN2O. The lowest BCUT2D eigenvalue weighted by Crippen LogP contribution is -2.19. The SMILES string of the molecule is CCCC(Cl)c1cc2c(cc1Br)n(C)c(=O)n2C. The Bertz CT molecular complexity index is 644. The van der Waals surface area contributed by atoms with Crippen molar-refractivity contribution in [1.82, 2.24) is 9.13 Å². The van der Waals surface area contributed by atoms with E-state index in [1.165, 1.54) is 0 Å². The number of aryl methyl sites for hydroxylation is 2. The highest BCUT2D eigenvalue weighted by Gasteiger charge is 2.15. The van der Waals surface area contributed by atoms with Crippen LogP contribution in [-0.2, 0) is 14.1 Å². The van der Waals surface area contributed by atoms with E-state index in [9.17, 15) is 4.79 Å². The minimum absolute atomic E-state index is 0.0179. The number of benzene rings is 1. The van der Waals surface area contributed by atoms with Crippen LogP contribution in [0, 0.1) is 0 Å². The van der Waals surface area contributed by atoms with Gasteiger partial charge in [-0.25, -0.2) is 4.79 Å². The molecule has 2 rings (SSSR count). The Morgan fingerprint density at radius 1 is 1.28 bits per heavy atom. The van der Waals surface area contributed by atoms with Gasteiger partial charge in [-0.15, -0.1) is 11.6 Å². The number of alkyl halides is 1. The highest BCUT2D eigenvalue weighted by molar-refractivity contribution is 9.10. The summed E-state index contributed by atoms with van der Waals surface area (Å²) < 4.78 is 4.26. The van der Waals surface area contributed by atoms with Crippen LogP contribution in [-0.4, -0.2) is 9.13 Å². The van der Waals surface area contributed by atoms with Gasteiger partial charge in [0.1, 0.15) is 0 Å². The number of hydrogen-bond donors (Lipinski definition) is 0. The average molecular weight is 332 g/mol. The molecule has 5 heteroatoms. The number of aromatic nitrogens is 2. The molecule has 0 radical (unpaired) electrons. The first kappa shape index (κ1) is 13.7. The van der Waals surface area contributed by atoms with Gasteiger partial charge in [-0.05, 0) is 24.1 Å². The summed E-state index contributed by atoms with van der Waals surface area (Å²) in [7, 11) is 3.56. The van der Waals surface area contributed by atoms with Gasteiger partial charge in [-0.2, -0.15) is 0 Å². The van der Waals surface area contributed by atoms with Gasteiger partial charge in [0, 0.05) is 18.6 Å². The van der Waals surface area contributed by atoms with E-state index in [-0.39, 0.29) is 11.1 Å². The Kier molecular flexibility index (Phi) is 3.87. The Labute approximate surface area is 119 Å². The number of halogens is 2. The van der Waals surface area contributed by atoms with Crippen molar-refractivity contribution in [3.63, 3.8) is 0 Å². The van der Waals surface area contributed by atoms with Crippen LogP contribution >= 0.6 is 27.5 Å². The first-order valence-corrected chi connectivity index (χ1v) is 7.19. The summed E-state index contributed by atoms with van der Waals surface area (Å²) in [6, 6.07) is 3.98. The predicted molar refractivity (Wildman–Crippen MR) is 79.4 cm³/mol. The summed E-state index contributed by atoms with van der Waals surface area (Å²) in [5.74, 6) is 0. The van der Waals surface area contributed by atoms with Gasteiger partial charge in [-0.1, -0.05) is 29.3 Å². The zero-order valence-electron chi connectivity index (χ0n) is 10.7. The van der Waals surface area contributed by atoms with Crippen molar-refractivity contribution in [2.75, 3.05) is 0 Å². The molecule has 0 aliphatic rings. The molecule has 0 saturated heterocycles. The van der Waals surface area contributed by atoms with Crippen LogP contribution in [0.5, 0.6) is 0 Å². The van der Waals surface area contributed by atoms with Crippen molar-refractivity contribution in [3.8, 4) is 0 Å². The first-order valence-electron chi connectivity index (χ1n) is 5.96. The van der Waals surface area contributed by atoms with Crippen molar-refractivity contribution < 1.29 is 0 Å². The lowest BCUT2D eigenvalue weighted by molar-refractivity contribution is 0.768. The zero-order valence-corrected chi connectivity index (χ0v) is 13.0. The van der Waals surface area contributed by atoms with E-state index in [0.717, 1.165) is 33.9 Å². The molecule has 0 N–H and O–H groups in total. The maximum Gasteiger partial charge on any atom is 0.328 e. The number of nitrogens with zero attached hydrogens (tertiary/aromatic N) is 2. The largest absolute Gasteiger partial charge is 0.328 e. The van der Waals surface area contributed by atoms with Crippen LogP contribution in [0.2, 0.25) is 0 Å². The number of fused-ring (bicyclic) bond motifs is 1. The number of rotatable bonds is 3. The lowest BCUT2D eigenvalue weighted by atomic mass is 10.1. The third kappa shape index (κ3) is 2.12. The van der Waals surface area contributed by atoms with Crippen LogP contribution < -0.4 is 5.69 Å². The third-order valence-corrected chi connectivity index (χ3v) is 4.41. The van der Waals surface area contributed by atoms with Crippen LogP contribution in [0.3, 0.4) is 0 Å². The van der Waals surface area contributed by atoms with E-state index in [2.05, 4.69) is 22.9 Å². The minimum atomic E-state index is -0.0240. The smallest absolute Gasteiger partial charge is 0.295 e. The van der Waals surface area contributed by atoms with Gasteiger partial charge in [-0.3, -0.25) is 9.13 Å². The van der Waals surface area contributed by atoms with Crippen LogP contribution in [0.15, 0.2) is 21.4 Å². The molecule has 1 heterocycles. The molecule has 98 valence electrons. The standard InChI is InChI=1S/C13H16BrClN2O/c1-4-5-10(15)8-6-11-12(7-9(8)14)17(3)13(18)16(11)2/h6-7,10H,4-5H2,1-3H3. The zero-order chi connectivity index (χ0) is 13.4. The molecule has 0 fully saturated rings. The normalized spacial score (nSPS) is 13.2. The second-order valence-corrected chi connectivity index (χ2v) is 5.90. The second kappa shape index (κ2) is 5.10. The highest BCUT2D eigenvalue weighted by Crippen LogP contribution is 2.34. The second-order valence-electron chi connectivity index (χ2n) is 4.52. The van der Waals surface area contributed by atoms with Crippen molar-refractivity contribution in [1.29, 1.82) is 0 Å². The molecular weight excluding hydrogens is 316 g/mol. The molecule has 1 unspecified atom stereocenters. The summed E-state index contributed by atoms with van der Waals surface area (Å²) in [5, 5.41) is -0.0240. The predicted octanol–water partition coefficient (Wildman–Crippen LogP) is 3.72. The van der Waals surface area contributed by atoms with Crippen molar-refractivity contribution in [2.24, 2.45) is 14.1 Å². The molecule has 1 atom stereocenters. The third-order valence-electron chi connectivity index (χ3n) is 3.27. The molecule has 2 aromatic rings. The van der Waals surface area contributed by atoms with Gasteiger partial charge < -0.3 is 0 Å². The molecule has 0 aliphatic carbocycles. The Hall–Kier alpha value is -0.740. The summed E-state index contributed by atoms with van der Waals surface area (Å²) in [5.41, 5.74) is 2.86. The maximum absolute atomic E-state index is 11.9. The average Bonchev–Trinajstić information content (AvgIpc) is 2.54. The molecule has 0 aliphatic heterocycles. The van der Waals surface area contributed by atoms with E-state index >= 15 is 0 Å². The minimum Gasteiger partial charge on any atom is -0.295 e. The van der Waals surface area contributed by atoms with Gasteiger partial charge in [0.2, 0.25) is 0 Å². The molecule has 0 amide bonds. The fourth-order valence-electron chi connectivity index (χ4n) is 2.18. The first-order chi connectivity index (χ1) is 8.47. The molecule has 0 bridgehead atoms. The Morgan fingerprint density at radius 3 is 2.39 bits per heavy atom. The van der Waals surface area contributed by atoms with Gasteiger partial charge in [0.25, 0.3) is 0 Å². The van der Waals surface area contributed by atoms with Crippen molar-refractivity contribution >= 4 is 38.6 Å². The van der Waals surface area contributed by atoms with Crippen LogP contribution in [0.25, 0.3) is 11.0 Å². The number of imidazole rings is 1. The Balaban J connectivity index is 2.68. The molecule has 18 heavy (non-hydrogen) atoms. The van der Waals surface area contributed by atoms with Gasteiger partial charge >= 0.3 is 5.69 Å². The molecule has 1 aromatic heterocycles. The monoisotopic (exact) mass is 330 g/mol.